The first-order valence-corrected chi connectivity index (χ1v) is 11.5. The zero-order valence-electron chi connectivity index (χ0n) is 19.7. The highest BCUT2D eigenvalue weighted by Gasteiger charge is 2.24. The van der Waals surface area contributed by atoms with Crippen LogP contribution in [0.3, 0.4) is 0 Å². The van der Waals surface area contributed by atoms with Crippen molar-refractivity contribution in [3.05, 3.63) is 47.3 Å². The Bertz CT molecular complexity index is 978. The van der Waals surface area contributed by atoms with E-state index in [0.29, 0.717) is 37.2 Å². The molecule has 0 radical (unpaired) electrons. The standard InChI is InChI=1S/C24H33F2N5O2/c1-4-23(32)31-14-6-12-28(2)11-5-13-30(17-18-15-20(25)21(26)16-22(18)31)24(33)8-7-19-9-10-27-29(19)3/h9-10,15-16H,4-8,11-14,17H2,1-3H3. The van der Waals surface area contributed by atoms with Crippen molar-refractivity contribution < 1.29 is 18.4 Å². The van der Waals surface area contributed by atoms with E-state index in [2.05, 4.69) is 10.00 Å². The fraction of sp³-hybridized carbons (Fsp3) is 0.542. The Kier molecular flexibility index (Phi) is 8.55. The Morgan fingerprint density at radius 1 is 1.00 bits per heavy atom. The van der Waals surface area contributed by atoms with Gasteiger partial charge in [-0.05, 0) is 57.1 Å². The number of carbonyl (C=O) groups excluding carboxylic acids is 2. The fourth-order valence-electron chi connectivity index (χ4n) is 4.21. The molecule has 2 heterocycles. The van der Waals surface area contributed by atoms with Crippen LogP contribution in [0.15, 0.2) is 24.4 Å². The van der Waals surface area contributed by atoms with Crippen LogP contribution in [0.2, 0.25) is 0 Å². The molecular weight excluding hydrogens is 428 g/mol. The van der Waals surface area contributed by atoms with Crippen LogP contribution >= 0.6 is 0 Å². The summed E-state index contributed by atoms with van der Waals surface area (Å²) in [6, 6.07) is 4.09. The van der Waals surface area contributed by atoms with Gasteiger partial charge in [0.1, 0.15) is 0 Å². The number of carbonyl (C=O) groups is 2. The molecule has 0 unspecified atom stereocenters. The zero-order chi connectivity index (χ0) is 24.0. The quantitative estimate of drug-likeness (QED) is 0.702. The molecule has 0 spiro atoms. The summed E-state index contributed by atoms with van der Waals surface area (Å²) in [5.41, 5.74) is 1.73. The normalized spacial score (nSPS) is 16.2. The Balaban J connectivity index is 1.92. The molecule has 0 bridgehead atoms. The van der Waals surface area contributed by atoms with Gasteiger partial charge in [-0.3, -0.25) is 14.3 Å². The molecule has 180 valence electrons. The molecule has 7 nitrogen and oxygen atoms in total. The number of nitrogens with zero attached hydrogens (tertiary/aromatic N) is 5. The summed E-state index contributed by atoms with van der Waals surface area (Å²) in [6.45, 7) is 4.34. The van der Waals surface area contributed by atoms with E-state index in [-0.39, 0.29) is 31.2 Å². The van der Waals surface area contributed by atoms with Crippen LogP contribution in [0.25, 0.3) is 0 Å². The lowest BCUT2D eigenvalue weighted by molar-refractivity contribution is -0.131. The molecule has 0 N–H and O–H groups in total. The van der Waals surface area contributed by atoms with E-state index in [1.807, 2.05) is 20.2 Å². The predicted octanol–water partition coefficient (Wildman–Crippen LogP) is 3.13. The smallest absolute Gasteiger partial charge is 0.226 e. The van der Waals surface area contributed by atoms with Gasteiger partial charge in [0, 0.05) is 57.5 Å². The number of aromatic nitrogens is 2. The number of hydrogen-bond donors (Lipinski definition) is 0. The van der Waals surface area contributed by atoms with Gasteiger partial charge in [-0.2, -0.15) is 5.10 Å². The molecule has 1 aliphatic heterocycles. The number of rotatable bonds is 4. The maximum absolute atomic E-state index is 14.2. The number of halogens is 2. The third-order valence-corrected chi connectivity index (χ3v) is 6.14. The summed E-state index contributed by atoms with van der Waals surface area (Å²) in [6.07, 6.45) is 4.25. The second-order valence-electron chi connectivity index (χ2n) is 8.57. The van der Waals surface area contributed by atoms with Gasteiger partial charge >= 0.3 is 0 Å². The minimum absolute atomic E-state index is 0.0695. The summed E-state index contributed by atoms with van der Waals surface area (Å²) < 4.78 is 30.2. The summed E-state index contributed by atoms with van der Waals surface area (Å²) in [4.78, 5) is 31.3. The number of fused-ring (bicyclic) bond motifs is 1. The van der Waals surface area contributed by atoms with Crippen LogP contribution in [-0.2, 0) is 29.6 Å². The molecule has 0 saturated heterocycles. The van der Waals surface area contributed by atoms with Gasteiger partial charge in [0.05, 0.1) is 5.69 Å². The molecule has 1 aliphatic rings. The van der Waals surface area contributed by atoms with Gasteiger partial charge in [0.25, 0.3) is 0 Å². The lowest BCUT2D eigenvalue weighted by Gasteiger charge is -2.31. The SMILES string of the molecule is CCC(=O)N1CCCN(C)CCCN(C(=O)CCc2ccnn2C)Cc2cc(F)c(F)cc21. The fourth-order valence-corrected chi connectivity index (χ4v) is 4.21. The monoisotopic (exact) mass is 461 g/mol. The van der Waals surface area contributed by atoms with E-state index in [4.69, 9.17) is 0 Å². The molecule has 0 atom stereocenters. The molecule has 0 aliphatic carbocycles. The van der Waals surface area contributed by atoms with Gasteiger partial charge in [-0.25, -0.2) is 8.78 Å². The molecule has 3 rings (SSSR count). The topological polar surface area (TPSA) is 61.7 Å². The maximum atomic E-state index is 14.2. The van der Waals surface area contributed by atoms with Crippen LogP contribution in [0, 0.1) is 11.6 Å². The second kappa shape index (κ2) is 11.4. The number of hydrogen-bond acceptors (Lipinski definition) is 4. The minimum atomic E-state index is -0.999. The first-order chi connectivity index (χ1) is 15.8. The van der Waals surface area contributed by atoms with Crippen molar-refractivity contribution in [3.8, 4) is 0 Å². The van der Waals surface area contributed by atoms with Crippen LogP contribution < -0.4 is 4.90 Å². The van der Waals surface area contributed by atoms with Crippen molar-refractivity contribution >= 4 is 17.5 Å². The van der Waals surface area contributed by atoms with Crippen LogP contribution in [0.4, 0.5) is 14.5 Å². The summed E-state index contributed by atoms with van der Waals surface area (Å²) in [5, 5.41) is 4.14. The van der Waals surface area contributed by atoms with Crippen LogP contribution in [-0.4, -0.2) is 64.6 Å². The second-order valence-corrected chi connectivity index (χ2v) is 8.57. The Hall–Kier alpha value is -2.81. The molecular formula is C24H33F2N5O2. The average molecular weight is 462 g/mol. The third-order valence-electron chi connectivity index (χ3n) is 6.14. The average Bonchev–Trinajstić information content (AvgIpc) is 3.20. The Morgan fingerprint density at radius 3 is 2.36 bits per heavy atom. The zero-order valence-corrected chi connectivity index (χ0v) is 19.7. The van der Waals surface area contributed by atoms with Crippen molar-refractivity contribution in [2.45, 2.75) is 45.6 Å². The Morgan fingerprint density at radius 2 is 1.70 bits per heavy atom. The van der Waals surface area contributed by atoms with E-state index in [1.165, 1.54) is 4.90 Å². The molecule has 2 aromatic rings. The van der Waals surface area contributed by atoms with Crippen LogP contribution in [0.1, 0.15) is 43.9 Å². The van der Waals surface area contributed by atoms with Crippen molar-refractivity contribution in [2.75, 3.05) is 38.1 Å². The van der Waals surface area contributed by atoms with Crippen molar-refractivity contribution in [3.63, 3.8) is 0 Å². The number of aryl methyl sites for hydroxylation is 2. The number of amides is 2. The van der Waals surface area contributed by atoms with E-state index in [1.54, 1.807) is 22.7 Å². The molecule has 33 heavy (non-hydrogen) atoms. The lowest BCUT2D eigenvalue weighted by atomic mass is 10.1. The molecule has 0 saturated carbocycles. The van der Waals surface area contributed by atoms with Gasteiger partial charge in [0.15, 0.2) is 11.6 Å². The number of benzene rings is 1. The lowest BCUT2D eigenvalue weighted by Crippen LogP contribution is -2.38. The highest BCUT2D eigenvalue weighted by Crippen LogP contribution is 2.27. The maximum Gasteiger partial charge on any atom is 0.226 e. The predicted molar refractivity (Wildman–Crippen MR) is 123 cm³/mol. The summed E-state index contributed by atoms with van der Waals surface area (Å²) in [7, 11) is 3.84. The van der Waals surface area contributed by atoms with E-state index >= 15 is 0 Å². The highest BCUT2D eigenvalue weighted by molar-refractivity contribution is 5.94. The summed E-state index contributed by atoms with van der Waals surface area (Å²) >= 11 is 0. The largest absolute Gasteiger partial charge is 0.338 e. The van der Waals surface area contributed by atoms with Gasteiger partial charge in [0.2, 0.25) is 11.8 Å². The first kappa shape index (κ1) is 24.8. The molecule has 9 heteroatoms. The first-order valence-electron chi connectivity index (χ1n) is 11.5. The van der Waals surface area contributed by atoms with Crippen LogP contribution in [0.5, 0.6) is 0 Å². The van der Waals surface area contributed by atoms with Gasteiger partial charge < -0.3 is 14.7 Å². The van der Waals surface area contributed by atoms with Crippen molar-refractivity contribution in [1.29, 1.82) is 0 Å². The minimum Gasteiger partial charge on any atom is -0.338 e. The Labute approximate surface area is 193 Å². The molecule has 1 aromatic carbocycles. The van der Waals surface area contributed by atoms with Gasteiger partial charge in [-0.15, -0.1) is 0 Å². The van der Waals surface area contributed by atoms with Crippen molar-refractivity contribution in [2.24, 2.45) is 7.05 Å². The highest BCUT2D eigenvalue weighted by atomic mass is 19.2. The van der Waals surface area contributed by atoms with Crippen molar-refractivity contribution in [1.82, 2.24) is 19.6 Å². The molecule has 2 amide bonds. The summed E-state index contributed by atoms with van der Waals surface area (Å²) in [5.74, 6) is -2.20. The van der Waals surface area contributed by atoms with E-state index in [0.717, 1.165) is 37.3 Å². The molecule has 0 fully saturated rings. The molecule has 1 aromatic heterocycles. The number of anilines is 1. The van der Waals surface area contributed by atoms with E-state index in [9.17, 15) is 18.4 Å². The van der Waals surface area contributed by atoms with Gasteiger partial charge in [-0.1, -0.05) is 6.92 Å². The third kappa shape index (κ3) is 6.37. The van der Waals surface area contributed by atoms with E-state index < -0.39 is 11.6 Å².